The third kappa shape index (κ3) is 2.75. The van der Waals surface area contributed by atoms with Gasteiger partial charge in [-0.1, -0.05) is 45.1 Å². The quantitative estimate of drug-likeness (QED) is 0.624. The molecule has 0 bridgehead atoms. The Bertz CT molecular complexity index is 1130. The average Bonchev–Trinajstić information content (AvgIpc) is 2.70. The molecule has 0 saturated heterocycles. The van der Waals surface area contributed by atoms with E-state index in [2.05, 4.69) is 39.5 Å². The van der Waals surface area contributed by atoms with Gasteiger partial charge in [0.05, 0.1) is 6.10 Å². The van der Waals surface area contributed by atoms with Gasteiger partial charge >= 0.3 is 0 Å². The third-order valence-corrected chi connectivity index (χ3v) is 8.07. The van der Waals surface area contributed by atoms with E-state index >= 15 is 0 Å². The van der Waals surface area contributed by atoms with Crippen LogP contribution in [0.3, 0.4) is 0 Å². The minimum absolute atomic E-state index is 0.0593. The van der Waals surface area contributed by atoms with E-state index in [1.807, 2.05) is 13.8 Å². The van der Waals surface area contributed by atoms with Gasteiger partial charge in [0.1, 0.15) is 0 Å². The highest BCUT2D eigenvalue weighted by Gasteiger charge is 2.63. The van der Waals surface area contributed by atoms with E-state index in [4.69, 9.17) is 0 Å². The van der Waals surface area contributed by atoms with Crippen LogP contribution in [0.1, 0.15) is 82.1 Å². The normalized spacial score (nSPS) is 32.2. The molecule has 0 aromatic heterocycles. The maximum Gasteiger partial charge on any atom is 0.196 e. The maximum atomic E-state index is 14.0. The van der Waals surface area contributed by atoms with E-state index < -0.39 is 29.3 Å². The highest BCUT2D eigenvalue weighted by molar-refractivity contribution is 6.16. The zero-order valence-corrected chi connectivity index (χ0v) is 20.2. The standard InChI is InChI=1S/C28H34O4/c1-12(2)18-10-9-14(5)22-15(6)25-24(16(7)23(18)22)26(30)19-11-20(29)21(13(3)4)17(8)28(19,32)27(25)31/h9-10,12,16,19,24,26,30,32H,8,11H2,1-7H3. The highest BCUT2D eigenvalue weighted by Crippen LogP contribution is 2.57. The van der Waals surface area contributed by atoms with Crippen molar-refractivity contribution in [3.8, 4) is 0 Å². The molecule has 1 aromatic carbocycles. The smallest absolute Gasteiger partial charge is 0.196 e. The number of benzene rings is 1. The van der Waals surface area contributed by atoms with Crippen molar-refractivity contribution >= 4 is 17.1 Å². The van der Waals surface area contributed by atoms with Crippen LogP contribution in [0.2, 0.25) is 0 Å². The molecule has 4 rings (SSSR count). The maximum absolute atomic E-state index is 14.0. The summed E-state index contributed by atoms with van der Waals surface area (Å²) >= 11 is 0. The number of aliphatic hydroxyl groups excluding tert-OH is 1. The Labute approximate surface area is 190 Å². The van der Waals surface area contributed by atoms with Crippen molar-refractivity contribution in [2.75, 3.05) is 0 Å². The fourth-order valence-electron chi connectivity index (χ4n) is 6.58. The van der Waals surface area contributed by atoms with Crippen molar-refractivity contribution in [2.24, 2.45) is 11.8 Å². The van der Waals surface area contributed by atoms with Crippen molar-refractivity contribution in [1.82, 2.24) is 0 Å². The number of Topliss-reactive ketones (excluding diaryl/α,β-unsaturated/α-hetero) is 2. The van der Waals surface area contributed by atoms with E-state index in [1.54, 1.807) is 13.8 Å². The van der Waals surface area contributed by atoms with Crippen LogP contribution in [-0.4, -0.2) is 33.5 Å². The Morgan fingerprint density at radius 3 is 2.38 bits per heavy atom. The summed E-state index contributed by atoms with van der Waals surface area (Å²) in [5.41, 5.74) is 5.07. The van der Waals surface area contributed by atoms with Gasteiger partial charge in [-0.3, -0.25) is 9.59 Å². The van der Waals surface area contributed by atoms with Crippen molar-refractivity contribution < 1.29 is 19.8 Å². The molecule has 3 aliphatic rings. The minimum atomic E-state index is -1.96. The number of hydrogen-bond donors (Lipinski definition) is 2. The van der Waals surface area contributed by atoms with Crippen molar-refractivity contribution in [3.05, 3.63) is 63.3 Å². The number of aliphatic hydroxyl groups is 2. The van der Waals surface area contributed by atoms with Gasteiger partial charge in [-0.25, -0.2) is 0 Å². The van der Waals surface area contributed by atoms with E-state index in [0.29, 0.717) is 17.1 Å². The van der Waals surface area contributed by atoms with Gasteiger partial charge in [-0.15, -0.1) is 0 Å². The fourth-order valence-corrected chi connectivity index (χ4v) is 6.58. The number of allylic oxidation sites excluding steroid dienone is 2. The number of aryl methyl sites for hydroxylation is 1. The molecule has 3 aliphatic carbocycles. The lowest BCUT2D eigenvalue weighted by Crippen LogP contribution is -2.63. The lowest BCUT2D eigenvalue weighted by atomic mass is 9.52. The van der Waals surface area contributed by atoms with Crippen LogP contribution in [0, 0.1) is 18.8 Å². The number of ketones is 2. The lowest BCUT2D eigenvalue weighted by molar-refractivity contribution is -0.154. The third-order valence-electron chi connectivity index (χ3n) is 8.07. The summed E-state index contributed by atoms with van der Waals surface area (Å²) in [5, 5.41) is 23.4. The molecule has 2 fully saturated rings. The number of carbonyl (C=O) groups is 2. The van der Waals surface area contributed by atoms with Gasteiger partial charge in [-0.05, 0) is 72.9 Å². The summed E-state index contributed by atoms with van der Waals surface area (Å²) < 4.78 is 0. The second-order valence-electron chi connectivity index (χ2n) is 10.4. The number of rotatable bonds is 1. The summed E-state index contributed by atoms with van der Waals surface area (Å²) in [6.45, 7) is 17.9. The first-order valence-electron chi connectivity index (χ1n) is 11.6. The van der Waals surface area contributed by atoms with Gasteiger partial charge in [0, 0.05) is 29.4 Å². The molecule has 0 heterocycles. The Kier molecular flexibility index (Phi) is 5.26. The molecule has 2 N–H and O–H groups in total. The van der Waals surface area contributed by atoms with E-state index in [0.717, 1.165) is 22.3 Å². The Balaban J connectivity index is 2.02. The van der Waals surface area contributed by atoms with Gasteiger partial charge in [0.15, 0.2) is 17.2 Å². The van der Waals surface area contributed by atoms with Gasteiger partial charge in [0.25, 0.3) is 0 Å². The van der Waals surface area contributed by atoms with Crippen molar-refractivity contribution in [3.63, 3.8) is 0 Å². The van der Waals surface area contributed by atoms with Crippen LogP contribution in [0.5, 0.6) is 0 Å². The Hall–Kier alpha value is -2.30. The molecular weight excluding hydrogens is 400 g/mol. The van der Waals surface area contributed by atoms with Crippen LogP contribution in [0.25, 0.3) is 5.57 Å². The summed E-state index contributed by atoms with van der Waals surface area (Å²) in [5.74, 6) is -1.74. The van der Waals surface area contributed by atoms with E-state index in [9.17, 15) is 19.8 Å². The lowest BCUT2D eigenvalue weighted by Gasteiger charge is -2.53. The molecule has 0 spiro atoms. The molecule has 5 unspecified atom stereocenters. The summed E-state index contributed by atoms with van der Waals surface area (Å²) in [6.07, 6.45) is -1.08. The summed E-state index contributed by atoms with van der Waals surface area (Å²) in [6, 6.07) is 4.24. The molecule has 1 aromatic rings. The topological polar surface area (TPSA) is 74.6 Å². The van der Waals surface area contributed by atoms with Gasteiger partial charge in [-0.2, -0.15) is 0 Å². The van der Waals surface area contributed by atoms with Crippen LogP contribution >= 0.6 is 0 Å². The van der Waals surface area contributed by atoms with Gasteiger partial charge < -0.3 is 10.2 Å². The first kappa shape index (κ1) is 22.9. The van der Waals surface area contributed by atoms with Crippen LogP contribution < -0.4 is 0 Å². The monoisotopic (exact) mass is 434 g/mol. The molecular formula is C28H34O4. The Morgan fingerprint density at radius 1 is 1.19 bits per heavy atom. The molecule has 4 heteroatoms. The summed E-state index contributed by atoms with van der Waals surface area (Å²) in [4.78, 5) is 27.0. The first-order chi connectivity index (χ1) is 14.8. The number of carbonyl (C=O) groups excluding carboxylic acids is 2. The fraction of sp³-hybridized carbons (Fsp3) is 0.500. The zero-order valence-electron chi connectivity index (χ0n) is 20.2. The second-order valence-corrected chi connectivity index (χ2v) is 10.4. The molecule has 4 nitrogen and oxygen atoms in total. The first-order valence-corrected chi connectivity index (χ1v) is 11.6. The SMILES string of the molecule is C=C1C(=C(C)C)C(=O)CC2C(O)C3C(=C(C)c4c(C)ccc(C(C)C)c4C3C)C(=O)C12O. The Morgan fingerprint density at radius 2 is 1.81 bits per heavy atom. The number of fused-ring (bicyclic) bond motifs is 3. The average molecular weight is 435 g/mol. The molecule has 0 radical (unpaired) electrons. The van der Waals surface area contributed by atoms with E-state index in [1.165, 1.54) is 11.1 Å². The molecule has 0 aliphatic heterocycles. The number of hydrogen-bond acceptors (Lipinski definition) is 4. The van der Waals surface area contributed by atoms with Crippen molar-refractivity contribution in [1.29, 1.82) is 0 Å². The predicted octanol–water partition coefficient (Wildman–Crippen LogP) is 4.78. The molecule has 5 atom stereocenters. The van der Waals surface area contributed by atoms with E-state index in [-0.39, 0.29) is 23.7 Å². The van der Waals surface area contributed by atoms with Crippen molar-refractivity contribution in [2.45, 2.75) is 78.4 Å². The van der Waals surface area contributed by atoms with Gasteiger partial charge in [0.2, 0.25) is 0 Å². The van der Waals surface area contributed by atoms with Crippen LogP contribution in [-0.2, 0) is 9.59 Å². The molecule has 0 amide bonds. The molecule has 2 saturated carbocycles. The predicted molar refractivity (Wildman–Crippen MR) is 126 cm³/mol. The molecule has 170 valence electrons. The van der Waals surface area contributed by atoms with Crippen LogP contribution in [0.15, 0.2) is 41.0 Å². The highest BCUT2D eigenvalue weighted by atomic mass is 16.3. The second kappa shape index (κ2) is 7.36. The summed E-state index contributed by atoms with van der Waals surface area (Å²) in [7, 11) is 0. The molecule has 32 heavy (non-hydrogen) atoms. The minimum Gasteiger partial charge on any atom is -0.392 e. The largest absolute Gasteiger partial charge is 0.392 e. The zero-order chi connectivity index (χ0) is 23.9. The van der Waals surface area contributed by atoms with Crippen LogP contribution in [0.4, 0.5) is 0 Å².